The molecule has 3 heterocycles. The standard InChI is InChI=1S/C19H26N4O4/c1-22-17(24)9-12-8-14(2-3-16(12)21-22)20-19(26)13-10-18(25)23(11-13)15-4-6-27-7-5-15/h9,13-15H,2-8,10-11H2,1H3,(H,20,26). The smallest absolute Gasteiger partial charge is 0.266 e. The van der Waals surface area contributed by atoms with Gasteiger partial charge in [-0.15, -0.1) is 0 Å². The monoisotopic (exact) mass is 374 g/mol. The number of amides is 2. The summed E-state index contributed by atoms with van der Waals surface area (Å²) in [6.45, 7) is 1.86. The van der Waals surface area contributed by atoms with E-state index in [0.717, 1.165) is 36.9 Å². The van der Waals surface area contributed by atoms with E-state index in [2.05, 4.69) is 10.4 Å². The Kier molecular flexibility index (Phi) is 4.99. The van der Waals surface area contributed by atoms with Crippen LogP contribution in [-0.4, -0.2) is 58.3 Å². The summed E-state index contributed by atoms with van der Waals surface area (Å²) in [5.41, 5.74) is 1.72. The maximum atomic E-state index is 12.7. The van der Waals surface area contributed by atoms with Gasteiger partial charge in [0.1, 0.15) is 0 Å². The van der Waals surface area contributed by atoms with E-state index in [9.17, 15) is 14.4 Å². The number of likely N-dealkylation sites (tertiary alicyclic amines) is 1. The van der Waals surface area contributed by atoms with Crippen LogP contribution in [0.4, 0.5) is 0 Å². The van der Waals surface area contributed by atoms with E-state index >= 15 is 0 Å². The topological polar surface area (TPSA) is 93.5 Å². The molecule has 2 saturated heterocycles. The Morgan fingerprint density at radius 1 is 1.22 bits per heavy atom. The van der Waals surface area contributed by atoms with Crippen molar-refractivity contribution in [1.82, 2.24) is 20.0 Å². The van der Waals surface area contributed by atoms with Crippen LogP contribution in [0, 0.1) is 5.92 Å². The van der Waals surface area contributed by atoms with Gasteiger partial charge in [-0.25, -0.2) is 4.68 Å². The molecule has 27 heavy (non-hydrogen) atoms. The van der Waals surface area contributed by atoms with Crippen molar-refractivity contribution >= 4 is 11.8 Å². The van der Waals surface area contributed by atoms with Crippen LogP contribution in [0.5, 0.6) is 0 Å². The van der Waals surface area contributed by atoms with E-state index in [0.29, 0.717) is 26.2 Å². The second kappa shape index (κ2) is 7.42. The Labute approximate surface area is 157 Å². The number of hydrogen-bond donors (Lipinski definition) is 1. The van der Waals surface area contributed by atoms with Crippen LogP contribution in [-0.2, 0) is 34.2 Å². The van der Waals surface area contributed by atoms with Gasteiger partial charge in [0.05, 0.1) is 11.6 Å². The molecule has 3 aliphatic rings. The molecule has 0 spiro atoms. The molecule has 1 aliphatic carbocycles. The molecule has 2 unspecified atom stereocenters. The molecule has 0 bridgehead atoms. The van der Waals surface area contributed by atoms with Crippen LogP contribution in [0.15, 0.2) is 10.9 Å². The van der Waals surface area contributed by atoms with Crippen LogP contribution in [0.25, 0.3) is 0 Å². The highest BCUT2D eigenvalue weighted by Gasteiger charge is 2.39. The van der Waals surface area contributed by atoms with Crippen molar-refractivity contribution in [2.45, 2.75) is 50.6 Å². The molecule has 2 amide bonds. The summed E-state index contributed by atoms with van der Waals surface area (Å²) in [6, 6.07) is 1.81. The summed E-state index contributed by atoms with van der Waals surface area (Å²) >= 11 is 0. The van der Waals surface area contributed by atoms with Crippen LogP contribution >= 0.6 is 0 Å². The second-order valence-corrected chi connectivity index (χ2v) is 7.82. The van der Waals surface area contributed by atoms with Gasteiger partial charge in [0.25, 0.3) is 5.56 Å². The molecular weight excluding hydrogens is 348 g/mol. The Morgan fingerprint density at radius 3 is 2.78 bits per heavy atom. The molecule has 1 aromatic rings. The maximum Gasteiger partial charge on any atom is 0.266 e. The van der Waals surface area contributed by atoms with Gasteiger partial charge >= 0.3 is 0 Å². The first-order chi connectivity index (χ1) is 13.0. The van der Waals surface area contributed by atoms with Crippen molar-refractivity contribution < 1.29 is 14.3 Å². The number of carbonyl (C=O) groups is 2. The van der Waals surface area contributed by atoms with Crippen LogP contribution in [0.3, 0.4) is 0 Å². The van der Waals surface area contributed by atoms with Gasteiger partial charge in [-0.1, -0.05) is 0 Å². The fourth-order valence-corrected chi connectivity index (χ4v) is 4.39. The third-order valence-corrected chi connectivity index (χ3v) is 5.96. The molecule has 2 atom stereocenters. The van der Waals surface area contributed by atoms with Crippen molar-refractivity contribution in [2.24, 2.45) is 13.0 Å². The number of nitrogens with zero attached hydrogens (tertiary/aromatic N) is 3. The van der Waals surface area contributed by atoms with E-state index in [1.807, 2.05) is 4.90 Å². The molecule has 0 aromatic carbocycles. The van der Waals surface area contributed by atoms with Crippen molar-refractivity contribution in [3.63, 3.8) is 0 Å². The SMILES string of the molecule is Cn1nc2c(cc1=O)CC(NC(=O)C1CC(=O)N(C3CCOCC3)C1)CC2. The minimum absolute atomic E-state index is 0.00820. The first kappa shape index (κ1) is 18.2. The molecule has 146 valence electrons. The molecule has 2 aliphatic heterocycles. The highest BCUT2D eigenvalue weighted by Crippen LogP contribution is 2.26. The summed E-state index contributed by atoms with van der Waals surface area (Å²) in [5.74, 6) is -0.268. The largest absolute Gasteiger partial charge is 0.381 e. The molecular formula is C19H26N4O4. The summed E-state index contributed by atoms with van der Waals surface area (Å²) in [5, 5.41) is 7.41. The third-order valence-electron chi connectivity index (χ3n) is 5.96. The fourth-order valence-electron chi connectivity index (χ4n) is 4.39. The number of aromatic nitrogens is 2. The molecule has 1 aromatic heterocycles. The Morgan fingerprint density at radius 2 is 2.00 bits per heavy atom. The zero-order valence-corrected chi connectivity index (χ0v) is 15.6. The minimum atomic E-state index is -0.288. The molecule has 8 nitrogen and oxygen atoms in total. The second-order valence-electron chi connectivity index (χ2n) is 7.82. The number of ether oxygens (including phenoxy) is 1. The number of hydrogen-bond acceptors (Lipinski definition) is 5. The van der Waals surface area contributed by atoms with Gasteiger partial charge in [-0.2, -0.15) is 5.10 Å². The third kappa shape index (κ3) is 3.76. The van der Waals surface area contributed by atoms with E-state index < -0.39 is 0 Å². The first-order valence-corrected chi connectivity index (χ1v) is 9.75. The normalized spacial score (nSPS) is 26.1. The number of carbonyl (C=O) groups excluding carboxylic acids is 2. The fraction of sp³-hybridized carbons (Fsp3) is 0.684. The van der Waals surface area contributed by atoms with E-state index in [1.165, 1.54) is 4.68 Å². The van der Waals surface area contributed by atoms with Crippen molar-refractivity contribution in [1.29, 1.82) is 0 Å². The number of fused-ring (bicyclic) bond motifs is 1. The van der Waals surface area contributed by atoms with E-state index in [1.54, 1.807) is 13.1 Å². The maximum absolute atomic E-state index is 12.7. The van der Waals surface area contributed by atoms with E-state index in [4.69, 9.17) is 4.74 Å². The van der Waals surface area contributed by atoms with Gasteiger partial charge in [0.15, 0.2) is 0 Å². The molecule has 2 fully saturated rings. The summed E-state index contributed by atoms with van der Waals surface area (Å²) < 4.78 is 6.72. The molecule has 0 saturated carbocycles. The van der Waals surface area contributed by atoms with Gasteiger partial charge in [-0.05, 0) is 37.7 Å². The summed E-state index contributed by atoms with van der Waals surface area (Å²) in [6.07, 6.45) is 4.15. The average molecular weight is 374 g/mol. The van der Waals surface area contributed by atoms with Crippen LogP contribution < -0.4 is 10.9 Å². The van der Waals surface area contributed by atoms with Crippen LogP contribution in [0.2, 0.25) is 0 Å². The lowest BCUT2D eigenvalue weighted by Gasteiger charge is -2.31. The van der Waals surface area contributed by atoms with Crippen LogP contribution in [0.1, 0.15) is 36.9 Å². The molecule has 4 rings (SSSR count). The molecule has 0 radical (unpaired) electrons. The minimum Gasteiger partial charge on any atom is -0.381 e. The van der Waals surface area contributed by atoms with Crippen molar-refractivity contribution in [3.8, 4) is 0 Å². The average Bonchev–Trinajstić information content (AvgIpc) is 3.05. The lowest BCUT2D eigenvalue weighted by atomic mass is 9.92. The van der Waals surface area contributed by atoms with Crippen molar-refractivity contribution in [3.05, 3.63) is 27.7 Å². The quantitative estimate of drug-likeness (QED) is 0.790. The lowest BCUT2D eigenvalue weighted by molar-refractivity contribution is -0.131. The lowest BCUT2D eigenvalue weighted by Crippen LogP contribution is -2.44. The van der Waals surface area contributed by atoms with E-state index in [-0.39, 0.29) is 41.8 Å². The number of nitrogens with one attached hydrogen (secondary N) is 1. The first-order valence-electron chi connectivity index (χ1n) is 9.75. The Balaban J connectivity index is 1.36. The summed E-state index contributed by atoms with van der Waals surface area (Å²) in [4.78, 5) is 38.8. The molecule has 8 heteroatoms. The predicted octanol–water partition coefficient (Wildman–Crippen LogP) is -0.219. The summed E-state index contributed by atoms with van der Waals surface area (Å²) in [7, 11) is 1.65. The zero-order valence-electron chi connectivity index (χ0n) is 15.6. The highest BCUT2D eigenvalue weighted by atomic mass is 16.5. The predicted molar refractivity (Wildman–Crippen MR) is 97.1 cm³/mol. The number of aryl methyl sites for hydroxylation is 2. The van der Waals surface area contributed by atoms with Gasteiger partial charge < -0.3 is 15.0 Å². The molecule has 1 N–H and O–H groups in total. The Bertz CT molecular complexity index is 799. The van der Waals surface area contributed by atoms with Gasteiger partial charge in [0, 0.05) is 51.4 Å². The van der Waals surface area contributed by atoms with Gasteiger partial charge in [-0.3, -0.25) is 14.4 Å². The highest BCUT2D eigenvalue weighted by molar-refractivity contribution is 5.89. The Hall–Kier alpha value is -2.22. The van der Waals surface area contributed by atoms with Gasteiger partial charge in [0.2, 0.25) is 11.8 Å². The van der Waals surface area contributed by atoms with Crippen molar-refractivity contribution in [2.75, 3.05) is 19.8 Å². The number of rotatable bonds is 3. The zero-order chi connectivity index (χ0) is 19.0.